The molecule has 2 aromatic heterocycles. The van der Waals surface area contributed by atoms with Crippen LogP contribution in [0.3, 0.4) is 0 Å². The zero-order valence-electron chi connectivity index (χ0n) is 18.0. The van der Waals surface area contributed by atoms with Gasteiger partial charge >= 0.3 is 0 Å². The van der Waals surface area contributed by atoms with E-state index in [2.05, 4.69) is 44.6 Å². The Bertz CT molecular complexity index is 992. The van der Waals surface area contributed by atoms with E-state index in [9.17, 15) is 4.79 Å². The van der Waals surface area contributed by atoms with Crippen LogP contribution in [0.25, 0.3) is 5.78 Å². The smallest absolute Gasteiger partial charge is 0.252 e. The molecule has 0 bridgehead atoms. The van der Waals surface area contributed by atoms with E-state index in [1.807, 2.05) is 19.9 Å². The van der Waals surface area contributed by atoms with Crippen LogP contribution >= 0.6 is 0 Å². The largest absolute Gasteiger partial charge is 0.349 e. The van der Waals surface area contributed by atoms with Crippen LogP contribution in [-0.4, -0.2) is 25.5 Å². The van der Waals surface area contributed by atoms with Crippen LogP contribution in [0.2, 0.25) is 0 Å². The topological polar surface area (TPSA) is 72.2 Å². The number of carbonyl (C=O) groups excluding carboxylic acids is 1. The fourth-order valence-corrected chi connectivity index (χ4v) is 4.74. The molecule has 0 radical (unpaired) electrons. The first kappa shape index (κ1) is 20.5. The van der Waals surface area contributed by atoms with Crippen molar-refractivity contribution in [1.82, 2.24) is 24.9 Å². The molecule has 0 saturated heterocycles. The average molecular weight is 406 g/mol. The number of aromatic nitrogens is 4. The van der Waals surface area contributed by atoms with E-state index in [4.69, 9.17) is 0 Å². The fourth-order valence-electron chi connectivity index (χ4n) is 4.74. The Morgan fingerprint density at radius 3 is 2.70 bits per heavy atom. The van der Waals surface area contributed by atoms with Gasteiger partial charge in [0.25, 0.3) is 5.78 Å². The summed E-state index contributed by atoms with van der Waals surface area (Å²) in [5.41, 5.74) is 4.20. The second kappa shape index (κ2) is 9.37. The van der Waals surface area contributed by atoms with Crippen molar-refractivity contribution in [2.24, 2.45) is 5.92 Å². The summed E-state index contributed by atoms with van der Waals surface area (Å²) in [7, 11) is 0. The lowest BCUT2D eigenvalue weighted by molar-refractivity contribution is -0.122. The fraction of sp³-hybridized carbons (Fsp3) is 0.500. The molecular weight excluding hydrogens is 374 g/mol. The third-order valence-corrected chi connectivity index (χ3v) is 6.42. The third-order valence-electron chi connectivity index (χ3n) is 6.42. The summed E-state index contributed by atoms with van der Waals surface area (Å²) in [5.74, 6) is 1.40. The van der Waals surface area contributed by atoms with E-state index in [0.29, 0.717) is 24.5 Å². The molecule has 1 fully saturated rings. The molecule has 3 aromatic rings. The van der Waals surface area contributed by atoms with Crippen LogP contribution in [-0.2, 0) is 11.2 Å². The van der Waals surface area contributed by atoms with Crippen LogP contribution in [0.1, 0.15) is 73.5 Å². The number of nitrogens with one attached hydrogen (secondary N) is 1. The first-order valence-corrected chi connectivity index (χ1v) is 11.1. The van der Waals surface area contributed by atoms with E-state index in [1.54, 1.807) is 4.52 Å². The number of aryl methyl sites for hydroxylation is 2. The molecule has 1 aliphatic carbocycles. The second-order valence-corrected chi connectivity index (χ2v) is 8.50. The van der Waals surface area contributed by atoms with Crippen molar-refractivity contribution in [2.75, 3.05) is 0 Å². The number of hydrogen-bond donors (Lipinski definition) is 1. The summed E-state index contributed by atoms with van der Waals surface area (Å²) in [6.45, 7) is 3.99. The van der Waals surface area contributed by atoms with Crippen LogP contribution in [0, 0.1) is 19.8 Å². The lowest BCUT2D eigenvalue weighted by Gasteiger charge is -2.27. The van der Waals surface area contributed by atoms with E-state index < -0.39 is 0 Å². The van der Waals surface area contributed by atoms with Crippen molar-refractivity contribution < 1.29 is 4.79 Å². The number of fused-ring (bicyclic) bond motifs is 1. The summed E-state index contributed by atoms with van der Waals surface area (Å²) in [4.78, 5) is 21.6. The van der Waals surface area contributed by atoms with Gasteiger partial charge < -0.3 is 5.32 Å². The quantitative estimate of drug-likeness (QED) is 0.628. The van der Waals surface area contributed by atoms with Crippen LogP contribution < -0.4 is 5.32 Å². The molecule has 1 amide bonds. The maximum Gasteiger partial charge on any atom is 0.252 e. The Balaban J connectivity index is 1.43. The molecule has 1 atom stereocenters. The van der Waals surface area contributed by atoms with Crippen molar-refractivity contribution in [3.05, 3.63) is 59.2 Å². The Morgan fingerprint density at radius 2 is 1.93 bits per heavy atom. The predicted octanol–water partition coefficient (Wildman–Crippen LogP) is 4.50. The standard InChI is InChI=1S/C24H31N5O/c1-17-21(18(2)29-24(27-17)25-16-26-29)13-14-23(30)28-22(20-11-7-4-8-12-20)15-19-9-5-3-6-10-19/h4,7-8,11-12,16,19,22H,3,5-6,9-10,13-15H2,1-2H3,(H,28,30). The highest BCUT2D eigenvalue weighted by Gasteiger charge is 2.22. The molecule has 1 saturated carbocycles. The van der Waals surface area contributed by atoms with E-state index in [1.165, 1.54) is 44.0 Å². The molecule has 6 nitrogen and oxygen atoms in total. The highest BCUT2D eigenvalue weighted by molar-refractivity contribution is 5.76. The van der Waals surface area contributed by atoms with Crippen molar-refractivity contribution >= 4 is 11.7 Å². The number of hydrogen-bond acceptors (Lipinski definition) is 4. The van der Waals surface area contributed by atoms with Gasteiger partial charge in [-0.25, -0.2) is 9.50 Å². The van der Waals surface area contributed by atoms with E-state index >= 15 is 0 Å². The molecule has 4 rings (SSSR count). The molecule has 158 valence electrons. The van der Waals surface area contributed by atoms with Crippen molar-refractivity contribution in [3.8, 4) is 0 Å². The lowest BCUT2D eigenvalue weighted by Crippen LogP contribution is -2.30. The number of benzene rings is 1. The van der Waals surface area contributed by atoms with Crippen LogP contribution in [0.4, 0.5) is 0 Å². The zero-order chi connectivity index (χ0) is 20.9. The van der Waals surface area contributed by atoms with Gasteiger partial charge in [-0.05, 0) is 43.7 Å². The van der Waals surface area contributed by atoms with Gasteiger partial charge in [0.1, 0.15) is 6.33 Å². The minimum atomic E-state index is 0.0833. The van der Waals surface area contributed by atoms with Gasteiger partial charge in [0, 0.05) is 17.8 Å². The van der Waals surface area contributed by atoms with Crippen molar-refractivity contribution in [3.63, 3.8) is 0 Å². The molecule has 6 heteroatoms. The Labute approximate surface area is 178 Å². The van der Waals surface area contributed by atoms with Gasteiger partial charge in [-0.1, -0.05) is 62.4 Å². The monoisotopic (exact) mass is 405 g/mol. The van der Waals surface area contributed by atoms with Gasteiger partial charge in [0.05, 0.1) is 6.04 Å². The Morgan fingerprint density at radius 1 is 1.17 bits per heavy atom. The van der Waals surface area contributed by atoms with Crippen molar-refractivity contribution in [2.45, 2.75) is 71.3 Å². The Kier molecular flexibility index (Phi) is 6.41. The molecule has 30 heavy (non-hydrogen) atoms. The third kappa shape index (κ3) is 4.69. The zero-order valence-corrected chi connectivity index (χ0v) is 18.0. The molecule has 1 aromatic carbocycles. The molecule has 0 aliphatic heterocycles. The summed E-state index contributed by atoms with van der Waals surface area (Å²) < 4.78 is 1.75. The SMILES string of the molecule is Cc1nc2ncnn2c(C)c1CCC(=O)NC(CC1CCCCC1)c1ccccc1. The molecular formula is C24H31N5O. The molecule has 1 unspecified atom stereocenters. The molecule has 0 spiro atoms. The molecule has 2 heterocycles. The van der Waals surface area contributed by atoms with E-state index in [0.717, 1.165) is 23.4 Å². The summed E-state index contributed by atoms with van der Waals surface area (Å²) in [5, 5.41) is 7.57. The van der Waals surface area contributed by atoms with Crippen molar-refractivity contribution in [1.29, 1.82) is 0 Å². The van der Waals surface area contributed by atoms with Gasteiger partial charge in [-0.15, -0.1) is 0 Å². The van der Waals surface area contributed by atoms with Crippen LogP contribution in [0.15, 0.2) is 36.7 Å². The molecule has 1 aliphatic rings. The first-order chi connectivity index (χ1) is 14.6. The number of amides is 1. The lowest BCUT2D eigenvalue weighted by atomic mass is 9.83. The average Bonchev–Trinajstić information content (AvgIpc) is 3.23. The first-order valence-electron chi connectivity index (χ1n) is 11.1. The minimum Gasteiger partial charge on any atom is -0.349 e. The van der Waals surface area contributed by atoms with Gasteiger partial charge in [0.15, 0.2) is 0 Å². The Hall–Kier alpha value is -2.76. The van der Waals surface area contributed by atoms with Crippen LogP contribution in [0.5, 0.6) is 0 Å². The predicted molar refractivity (Wildman–Crippen MR) is 117 cm³/mol. The summed E-state index contributed by atoms with van der Waals surface area (Å²) in [6.07, 6.45) is 10.2. The van der Waals surface area contributed by atoms with Gasteiger partial charge in [0.2, 0.25) is 5.91 Å². The van der Waals surface area contributed by atoms with E-state index in [-0.39, 0.29) is 11.9 Å². The number of nitrogens with zero attached hydrogens (tertiary/aromatic N) is 4. The molecule has 1 N–H and O–H groups in total. The maximum atomic E-state index is 12.9. The highest BCUT2D eigenvalue weighted by Crippen LogP contribution is 2.32. The summed E-state index contributed by atoms with van der Waals surface area (Å²) >= 11 is 0. The maximum absolute atomic E-state index is 12.9. The minimum absolute atomic E-state index is 0.0833. The van der Waals surface area contributed by atoms with Gasteiger partial charge in [-0.2, -0.15) is 10.1 Å². The normalized spacial score (nSPS) is 15.9. The number of carbonyl (C=O) groups is 1. The summed E-state index contributed by atoms with van der Waals surface area (Å²) in [6, 6.07) is 10.5. The van der Waals surface area contributed by atoms with Gasteiger partial charge in [-0.3, -0.25) is 4.79 Å². The number of rotatable bonds is 7. The highest BCUT2D eigenvalue weighted by atomic mass is 16.1. The second-order valence-electron chi connectivity index (χ2n) is 8.50.